The summed E-state index contributed by atoms with van der Waals surface area (Å²) >= 11 is 0. The molecule has 3 nitrogen and oxygen atoms in total. The first kappa shape index (κ1) is 14.4. The monoisotopic (exact) mass is 292 g/mol. The van der Waals surface area contributed by atoms with E-state index in [0.29, 0.717) is 5.69 Å². The van der Waals surface area contributed by atoms with Crippen LogP contribution in [0, 0.1) is 0 Å². The molecule has 0 saturated carbocycles. The second kappa shape index (κ2) is 5.34. The molecule has 112 valence electrons. The molecule has 22 heavy (non-hydrogen) atoms. The van der Waals surface area contributed by atoms with E-state index in [4.69, 9.17) is 0 Å². The number of rotatable bonds is 2. The van der Waals surface area contributed by atoms with Gasteiger partial charge in [0.25, 0.3) is 0 Å². The minimum Gasteiger partial charge on any atom is -0.504 e. The summed E-state index contributed by atoms with van der Waals surface area (Å²) in [6.07, 6.45) is 0. The fourth-order valence-electron chi connectivity index (χ4n) is 2.63. The molecular weight excluding hydrogens is 272 g/mol. The maximum Gasteiger partial charge on any atom is 0.166 e. The minimum atomic E-state index is -0.222. The van der Waals surface area contributed by atoms with E-state index in [0.717, 1.165) is 16.9 Å². The topological polar surface area (TPSA) is 38.1 Å². The van der Waals surface area contributed by atoms with Gasteiger partial charge >= 0.3 is 0 Å². The quantitative estimate of drug-likeness (QED) is 0.753. The Hall–Kier alpha value is -2.55. The van der Waals surface area contributed by atoms with Crippen LogP contribution in [0.4, 0.5) is 0 Å². The van der Waals surface area contributed by atoms with Crippen molar-refractivity contribution in [1.82, 2.24) is 9.78 Å². The van der Waals surface area contributed by atoms with E-state index in [-0.39, 0.29) is 11.2 Å². The van der Waals surface area contributed by atoms with E-state index in [1.165, 1.54) is 0 Å². The number of benzene rings is 2. The molecule has 0 aliphatic heterocycles. The molecule has 0 bridgehead atoms. The van der Waals surface area contributed by atoms with Gasteiger partial charge in [-0.3, -0.25) is 0 Å². The lowest BCUT2D eigenvalue weighted by molar-refractivity contribution is 0.440. The normalized spacial score (nSPS) is 11.6. The van der Waals surface area contributed by atoms with E-state index in [9.17, 15) is 5.11 Å². The van der Waals surface area contributed by atoms with Gasteiger partial charge in [-0.05, 0) is 12.1 Å². The van der Waals surface area contributed by atoms with Crippen LogP contribution in [0.15, 0.2) is 60.7 Å². The Labute approximate surface area is 130 Å². The molecule has 1 N–H and O–H groups in total. The Morgan fingerprint density at radius 2 is 1.41 bits per heavy atom. The fourth-order valence-corrected chi connectivity index (χ4v) is 2.63. The molecular formula is C19H20N2O. The molecule has 0 fully saturated rings. The second-order valence-electron chi connectivity index (χ2n) is 6.41. The summed E-state index contributed by atoms with van der Waals surface area (Å²) in [5.41, 5.74) is 3.08. The van der Waals surface area contributed by atoms with Crippen LogP contribution in [0.3, 0.4) is 0 Å². The van der Waals surface area contributed by atoms with Crippen LogP contribution in [0.5, 0.6) is 5.75 Å². The van der Waals surface area contributed by atoms with Crippen molar-refractivity contribution in [2.45, 2.75) is 26.2 Å². The number of para-hydroxylation sites is 1. The third kappa shape index (κ3) is 2.50. The Bertz CT molecular complexity index is 768. The average molecular weight is 292 g/mol. The second-order valence-corrected chi connectivity index (χ2v) is 6.41. The number of hydrogen-bond acceptors (Lipinski definition) is 2. The Morgan fingerprint density at radius 3 is 1.95 bits per heavy atom. The van der Waals surface area contributed by atoms with Crippen molar-refractivity contribution >= 4 is 0 Å². The number of aromatic hydroxyl groups is 1. The van der Waals surface area contributed by atoms with Gasteiger partial charge in [-0.25, -0.2) is 4.68 Å². The zero-order valence-corrected chi connectivity index (χ0v) is 13.1. The summed E-state index contributed by atoms with van der Waals surface area (Å²) in [5, 5.41) is 15.5. The molecule has 0 unspecified atom stereocenters. The molecule has 3 heteroatoms. The van der Waals surface area contributed by atoms with Crippen LogP contribution in [0.25, 0.3) is 16.9 Å². The number of hydrogen-bond donors (Lipinski definition) is 1. The Kier molecular flexibility index (Phi) is 3.49. The van der Waals surface area contributed by atoms with Gasteiger partial charge in [0.15, 0.2) is 5.75 Å². The van der Waals surface area contributed by atoms with Gasteiger partial charge in [-0.2, -0.15) is 5.10 Å². The lowest BCUT2D eigenvalue weighted by atomic mass is 9.90. The fraction of sp³-hybridized carbons (Fsp3) is 0.211. The van der Waals surface area contributed by atoms with E-state index in [2.05, 4.69) is 25.9 Å². The number of aromatic nitrogens is 2. The molecule has 0 atom stereocenters. The van der Waals surface area contributed by atoms with E-state index in [1.54, 1.807) is 0 Å². The highest BCUT2D eigenvalue weighted by Gasteiger charge is 2.28. The summed E-state index contributed by atoms with van der Waals surface area (Å²) in [6.45, 7) is 6.24. The molecule has 0 aliphatic rings. The first-order valence-electron chi connectivity index (χ1n) is 7.42. The molecule has 3 aromatic rings. The lowest BCUT2D eigenvalue weighted by Gasteiger charge is -2.20. The van der Waals surface area contributed by atoms with Crippen LogP contribution in [0.2, 0.25) is 0 Å². The summed E-state index contributed by atoms with van der Waals surface area (Å²) in [6, 6.07) is 19.7. The minimum absolute atomic E-state index is 0.222. The van der Waals surface area contributed by atoms with Crippen LogP contribution < -0.4 is 0 Å². The van der Waals surface area contributed by atoms with Gasteiger partial charge in [0.2, 0.25) is 0 Å². The summed E-state index contributed by atoms with van der Waals surface area (Å²) < 4.78 is 1.84. The van der Waals surface area contributed by atoms with Crippen LogP contribution in [-0.2, 0) is 5.41 Å². The van der Waals surface area contributed by atoms with Crippen LogP contribution in [0.1, 0.15) is 26.5 Å². The van der Waals surface area contributed by atoms with E-state index in [1.807, 2.05) is 65.3 Å². The molecule has 0 spiro atoms. The zero-order valence-electron chi connectivity index (χ0n) is 13.1. The van der Waals surface area contributed by atoms with Crippen molar-refractivity contribution in [2.24, 2.45) is 0 Å². The molecule has 0 aliphatic carbocycles. The van der Waals surface area contributed by atoms with Crippen molar-refractivity contribution in [3.05, 3.63) is 66.4 Å². The predicted molar refractivity (Wildman–Crippen MR) is 89.4 cm³/mol. The van der Waals surface area contributed by atoms with E-state index >= 15 is 0 Å². The van der Waals surface area contributed by atoms with Crippen molar-refractivity contribution in [3.63, 3.8) is 0 Å². The molecule has 3 rings (SSSR count). The van der Waals surface area contributed by atoms with Gasteiger partial charge in [-0.1, -0.05) is 69.3 Å². The van der Waals surface area contributed by atoms with Gasteiger partial charge < -0.3 is 5.11 Å². The highest BCUT2D eigenvalue weighted by molar-refractivity contribution is 5.68. The first-order valence-corrected chi connectivity index (χ1v) is 7.42. The maximum absolute atomic E-state index is 10.8. The molecule has 2 aromatic carbocycles. The smallest absolute Gasteiger partial charge is 0.166 e. The Balaban J connectivity index is 2.26. The summed E-state index contributed by atoms with van der Waals surface area (Å²) in [5.74, 6) is 0.252. The lowest BCUT2D eigenvalue weighted by Crippen LogP contribution is -2.17. The highest BCUT2D eigenvalue weighted by atomic mass is 16.3. The average Bonchev–Trinajstić information content (AvgIpc) is 2.87. The summed E-state index contributed by atoms with van der Waals surface area (Å²) in [4.78, 5) is 0. The predicted octanol–water partition coefficient (Wildman–Crippen LogP) is 4.54. The molecule has 0 radical (unpaired) electrons. The number of nitrogens with zero attached hydrogens (tertiary/aromatic N) is 2. The van der Waals surface area contributed by atoms with E-state index < -0.39 is 0 Å². The van der Waals surface area contributed by atoms with Crippen molar-refractivity contribution in [2.75, 3.05) is 0 Å². The maximum atomic E-state index is 10.8. The third-order valence-electron chi connectivity index (χ3n) is 3.62. The SMILES string of the molecule is CC(C)(C)c1c(O)c(-c2ccccc2)nn1-c1ccccc1. The molecule has 1 heterocycles. The largest absolute Gasteiger partial charge is 0.504 e. The van der Waals surface area contributed by atoms with Gasteiger partial charge in [0.05, 0.1) is 11.4 Å². The van der Waals surface area contributed by atoms with Gasteiger partial charge in [-0.15, -0.1) is 0 Å². The van der Waals surface area contributed by atoms with Crippen molar-refractivity contribution in [3.8, 4) is 22.7 Å². The molecule has 1 aromatic heterocycles. The van der Waals surface area contributed by atoms with Gasteiger partial charge in [0.1, 0.15) is 5.69 Å². The third-order valence-corrected chi connectivity index (χ3v) is 3.62. The first-order chi connectivity index (χ1) is 10.5. The van der Waals surface area contributed by atoms with Crippen molar-refractivity contribution in [1.29, 1.82) is 0 Å². The highest BCUT2D eigenvalue weighted by Crippen LogP contribution is 2.39. The summed E-state index contributed by atoms with van der Waals surface area (Å²) in [7, 11) is 0. The van der Waals surface area contributed by atoms with Crippen LogP contribution >= 0.6 is 0 Å². The standard InChI is InChI=1S/C19H20N2O/c1-19(2,3)18-17(22)16(14-10-6-4-7-11-14)20-21(18)15-12-8-5-9-13-15/h4-13,22H,1-3H3. The van der Waals surface area contributed by atoms with Crippen molar-refractivity contribution < 1.29 is 5.11 Å². The molecule has 0 saturated heterocycles. The molecule has 0 amide bonds. The zero-order chi connectivity index (χ0) is 15.7. The van der Waals surface area contributed by atoms with Gasteiger partial charge in [0, 0.05) is 11.0 Å². The van der Waals surface area contributed by atoms with Crippen LogP contribution in [-0.4, -0.2) is 14.9 Å². The Morgan fingerprint density at radius 1 is 0.864 bits per heavy atom.